The van der Waals surface area contributed by atoms with E-state index in [1.165, 1.54) is 6.07 Å². The Morgan fingerprint density at radius 1 is 1.33 bits per heavy atom. The van der Waals surface area contributed by atoms with Crippen molar-refractivity contribution in [3.8, 4) is 0 Å². The quantitative estimate of drug-likeness (QED) is 0.938. The fourth-order valence-corrected chi connectivity index (χ4v) is 4.48. The molecule has 1 N–H and O–H groups in total. The van der Waals surface area contributed by atoms with Crippen molar-refractivity contribution in [2.45, 2.75) is 37.1 Å². The zero-order valence-electron chi connectivity index (χ0n) is 11.6. The van der Waals surface area contributed by atoms with Gasteiger partial charge in [-0.3, -0.25) is 0 Å². The maximum atomic E-state index is 12.6. The van der Waals surface area contributed by atoms with Crippen molar-refractivity contribution < 1.29 is 12.8 Å². The predicted molar refractivity (Wildman–Crippen MR) is 80.9 cm³/mol. The molecule has 1 aromatic carbocycles. The molecule has 0 aliphatic heterocycles. The van der Waals surface area contributed by atoms with E-state index in [0.717, 1.165) is 30.6 Å². The number of halogens is 1. The number of nitrogens with one attached hydrogen (secondary N) is 1. The molecule has 4 nitrogen and oxygen atoms in total. The highest BCUT2D eigenvalue weighted by molar-refractivity contribution is 7.89. The van der Waals surface area contributed by atoms with Gasteiger partial charge in [0.05, 0.1) is 17.2 Å². The van der Waals surface area contributed by atoms with Crippen LogP contribution in [0.25, 0.3) is 0 Å². The maximum absolute atomic E-state index is 12.6. The van der Waals surface area contributed by atoms with Gasteiger partial charge in [0.15, 0.2) is 0 Å². The molecule has 2 aromatic rings. The Bertz CT molecular complexity index is 767. The van der Waals surface area contributed by atoms with E-state index in [4.69, 9.17) is 16.0 Å². The summed E-state index contributed by atoms with van der Waals surface area (Å²) in [5.41, 5.74) is 1.61. The molecule has 0 fully saturated rings. The predicted octanol–water partition coefficient (Wildman–Crippen LogP) is 3.60. The van der Waals surface area contributed by atoms with E-state index < -0.39 is 10.0 Å². The molecule has 1 atom stereocenters. The van der Waals surface area contributed by atoms with E-state index in [1.807, 2.05) is 6.07 Å². The third-order valence-electron chi connectivity index (χ3n) is 3.79. The summed E-state index contributed by atoms with van der Waals surface area (Å²) in [5, 5.41) is 0.411. The molecule has 0 saturated heterocycles. The van der Waals surface area contributed by atoms with E-state index in [0.29, 0.717) is 10.6 Å². The third kappa shape index (κ3) is 2.86. The van der Waals surface area contributed by atoms with Gasteiger partial charge in [-0.2, -0.15) is 0 Å². The Morgan fingerprint density at radius 2 is 2.14 bits per heavy atom. The van der Waals surface area contributed by atoms with Crippen LogP contribution in [-0.4, -0.2) is 8.42 Å². The van der Waals surface area contributed by atoms with E-state index in [9.17, 15) is 8.42 Å². The molecule has 6 heteroatoms. The van der Waals surface area contributed by atoms with Crippen molar-refractivity contribution in [1.29, 1.82) is 0 Å². The van der Waals surface area contributed by atoms with Gasteiger partial charge >= 0.3 is 0 Å². The average Bonchev–Trinajstić information content (AvgIpc) is 2.90. The molecule has 3 rings (SSSR count). The highest BCUT2D eigenvalue weighted by atomic mass is 35.5. The molecule has 1 heterocycles. The number of aryl methyl sites for hydroxylation is 2. The molecule has 1 unspecified atom stereocenters. The average molecular weight is 326 g/mol. The molecule has 0 radical (unpaired) electrons. The number of benzene rings is 1. The Morgan fingerprint density at radius 3 is 2.95 bits per heavy atom. The molecular weight excluding hydrogens is 310 g/mol. The van der Waals surface area contributed by atoms with E-state index in [2.05, 4.69) is 4.72 Å². The fourth-order valence-electron chi connectivity index (χ4n) is 2.72. The normalized spacial score (nSPS) is 18.5. The first-order valence-corrected chi connectivity index (χ1v) is 8.68. The highest BCUT2D eigenvalue weighted by Crippen LogP contribution is 2.32. The molecule has 21 heavy (non-hydrogen) atoms. The van der Waals surface area contributed by atoms with Crippen LogP contribution in [0.4, 0.5) is 0 Å². The van der Waals surface area contributed by atoms with Gasteiger partial charge in [0, 0.05) is 17.0 Å². The topological polar surface area (TPSA) is 59.3 Å². The third-order valence-corrected chi connectivity index (χ3v) is 5.64. The van der Waals surface area contributed by atoms with Crippen molar-refractivity contribution in [1.82, 2.24) is 4.72 Å². The molecule has 0 amide bonds. The van der Waals surface area contributed by atoms with Gasteiger partial charge in [-0.05, 0) is 43.5 Å². The Labute approximate surface area is 129 Å². The SMILES string of the molecule is Cc1ccc(Cl)cc1S(=O)(=O)NC1CCCc2occc21. The van der Waals surface area contributed by atoms with Gasteiger partial charge in [0.1, 0.15) is 5.76 Å². The number of furan rings is 1. The van der Waals surface area contributed by atoms with Gasteiger partial charge < -0.3 is 4.42 Å². The van der Waals surface area contributed by atoms with Gasteiger partial charge in [-0.1, -0.05) is 17.7 Å². The van der Waals surface area contributed by atoms with Crippen molar-refractivity contribution in [3.63, 3.8) is 0 Å². The summed E-state index contributed by atoms with van der Waals surface area (Å²) < 4.78 is 33.4. The summed E-state index contributed by atoms with van der Waals surface area (Å²) in [6.45, 7) is 1.76. The Balaban J connectivity index is 1.93. The number of hydrogen-bond donors (Lipinski definition) is 1. The summed E-state index contributed by atoms with van der Waals surface area (Å²) in [7, 11) is -3.61. The Hall–Kier alpha value is -1.30. The minimum Gasteiger partial charge on any atom is -0.469 e. The van der Waals surface area contributed by atoms with Crippen LogP contribution in [0.15, 0.2) is 39.8 Å². The van der Waals surface area contributed by atoms with Crippen LogP contribution in [-0.2, 0) is 16.4 Å². The summed E-state index contributed by atoms with van der Waals surface area (Å²) >= 11 is 5.92. The number of fused-ring (bicyclic) bond motifs is 1. The van der Waals surface area contributed by atoms with Crippen molar-refractivity contribution >= 4 is 21.6 Å². The van der Waals surface area contributed by atoms with E-state index in [-0.39, 0.29) is 10.9 Å². The molecule has 1 aliphatic rings. The van der Waals surface area contributed by atoms with Gasteiger partial charge in [0.2, 0.25) is 10.0 Å². The van der Waals surface area contributed by atoms with Crippen LogP contribution in [0.5, 0.6) is 0 Å². The molecule has 0 spiro atoms. The van der Waals surface area contributed by atoms with Crippen molar-refractivity contribution in [2.75, 3.05) is 0 Å². The van der Waals surface area contributed by atoms with Crippen LogP contribution in [0.2, 0.25) is 5.02 Å². The fraction of sp³-hybridized carbons (Fsp3) is 0.333. The maximum Gasteiger partial charge on any atom is 0.241 e. The van der Waals surface area contributed by atoms with Crippen LogP contribution in [0.1, 0.15) is 35.8 Å². The van der Waals surface area contributed by atoms with Crippen molar-refractivity contribution in [2.24, 2.45) is 0 Å². The highest BCUT2D eigenvalue weighted by Gasteiger charge is 2.28. The lowest BCUT2D eigenvalue weighted by atomic mass is 9.94. The molecule has 0 bridgehead atoms. The largest absolute Gasteiger partial charge is 0.469 e. The van der Waals surface area contributed by atoms with E-state index in [1.54, 1.807) is 25.3 Å². The second-order valence-electron chi connectivity index (χ2n) is 5.28. The zero-order chi connectivity index (χ0) is 15.0. The molecule has 1 aromatic heterocycles. The van der Waals surface area contributed by atoms with Crippen LogP contribution >= 0.6 is 11.6 Å². The molecular formula is C15H16ClNO3S. The second-order valence-corrected chi connectivity index (χ2v) is 7.39. The first-order chi connectivity index (χ1) is 9.97. The molecule has 1 aliphatic carbocycles. The van der Waals surface area contributed by atoms with Crippen molar-refractivity contribution in [3.05, 3.63) is 52.4 Å². The standard InChI is InChI=1S/C15H16ClNO3S/c1-10-5-6-11(16)9-15(10)21(18,19)17-13-3-2-4-14-12(13)7-8-20-14/h5-9,13,17H,2-4H2,1H3. The van der Waals surface area contributed by atoms with Gasteiger partial charge in [-0.15, -0.1) is 0 Å². The lowest BCUT2D eigenvalue weighted by Crippen LogP contribution is -2.31. The number of sulfonamides is 1. The van der Waals surface area contributed by atoms with Gasteiger partial charge in [0.25, 0.3) is 0 Å². The lowest BCUT2D eigenvalue weighted by molar-refractivity contribution is 0.438. The smallest absolute Gasteiger partial charge is 0.241 e. The first-order valence-electron chi connectivity index (χ1n) is 6.82. The summed E-state index contributed by atoms with van der Waals surface area (Å²) in [6.07, 6.45) is 4.15. The molecule has 112 valence electrons. The lowest BCUT2D eigenvalue weighted by Gasteiger charge is -2.23. The minimum atomic E-state index is -3.61. The number of rotatable bonds is 3. The Kier molecular flexibility index (Phi) is 3.82. The number of hydrogen-bond acceptors (Lipinski definition) is 3. The summed E-state index contributed by atoms with van der Waals surface area (Å²) in [5.74, 6) is 0.872. The van der Waals surface area contributed by atoms with Crippen LogP contribution in [0.3, 0.4) is 0 Å². The minimum absolute atomic E-state index is 0.227. The molecule has 0 saturated carbocycles. The zero-order valence-corrected chi connectivity index (χ0v) is 13.2. The van der Waals surface area contributed by atoms with Crippen LogP contribution in [0, 0.1) is 6.92 Å². The summed E-state index contributed by atoms with van der Waals surface area (Å²) in [6, 6.07) is 6.48. The first kappa shape index (κ1) is 14.6. The summed E-state index contributed by atoms with van der Waals surface area (Å²) in [4.78, 5) is 0.227. The van der Waals surface area contributed by atoms with E-state index >= 15 is 0 Å². The van der Waals surface area contributed by atoms with Crippen LogP contribution < -0.4 is 4.72 Å². The monoisotopic (exact) mass is 325 g/mol. The van der Waals surface area contributed by atoms with Gasteiger partial charge in [-0.25, -0.2) is 13.1 Å². The second kappa shape index (κ2) is 5.48.